The quantitative estimate of drug-likeness (QED) is 0.616. The van der Waals surface area contributed by atoms with E-state index in [1.807, 2.05) is 14.8 Å². The maximum absolute atomic E-state index is 12.9. The number of rotatable bonds is 4. The van der Waals surface area contributed by atoms with Crippen LogP contribution in [0.3, 0.4) is 0 Å². The minimum absolute atomic E-state index is 0.0940. The summed E-state index contributed by atoms with van der Waals surface area (Å²) in [6.45, 7) is 5.12. The summed E-state index contributed by atoms with van der Waals surface area (Å²) in [6.07, 6.45) is 3.48. The third kappa shape index (κ3) is 3.98. The molecule has 1 aliphatic rings. The summed E-state index contributed by atoms with van der Waals surface area (Å²) in [4.78, 5) is 25.5. The van der Waals surface area contributed by atoms with Crippen molar-refractivity contribution in [2.75, 3.05) is 31.1 Å². The van der Waals surface area contributed by atoms with Crippen molar-refractivity contribution in [1.82, 2.24) is 19.4 Å². The van der Waals surface area contributed by atoms with E-state index in [0.717, 1.165) is 34.2 Å². The molecule has 0 spiro atoms. The minimum Gasteiger partial charge on any atom is -0.338 e. The molecule has 1 aliphatic heterocycles. The molecule has 28 heavy (non-hydrogen) atoms. The largest absolute Gasteiger partial charge is 0.338 e. The highest BCUT2D eigenvalue weighted by molar-refractivity contribution is 7.73. The molecule has 144 valence electrons. The monoisotopic (exact) mass is 411 g/mol. The van der Waals surface area contributed by atoms with Crippen molar-refractivity contribution in [3.05, 3.63) is 57.6 Å². The highest BCUT2D eigenvalue weighted by Crippen LogP contribution is 2.24. The molecular weight excluding hydrogens is 390 g/mol. The van der Waals surface area contributed by atoms with Crippen LogP contribution in [0, 0.1) is 10.9 Å². The van der Waals surface area contributed by atoms with Gasteiger partial charge in [-0.25, -0.2) is 9.97 Å². The van der Waals surface area contributed by atoms with Gasteiger partial charge in [0.25, 0.3) is 0 Å². The molecule has 2 aromatic heterocycles. The van der Waals surface area contributed by atoms with E-state index in [4.69, 9.17) is 12.2 Å². The number of piperazine rings is 1. The second kappa shape index (κ2) is 8.20. The second-order valence-corrected chi connectivity index (χ2v) is 8.26. The number of nitrogens with zero attached hydrogens (tertiary/aromatic N) is 5. The molecule has 0 aliphatic carbocycles. The molecule has 4 rings (SSSR count). The summed E-state index contributed by atoms with van der Waals surface area (Å²) in [5.41, 5.74) is 3.29. The van der Waals surface area contributed by atoms with Crippen LogP contribution in [0.2, 0.25) is 0 Å². The average Bonchev–Trinajstić information content (AvgIpc) is 3.09. The SMILES string of the molecule is Cc1ccc(-c2csc(=S)n2CC(=O)N2CCN(c3ncccn3)CC2)cc1. The molecule has 0 bridgehead atoms. The third-order valence-electron chi connectivity index (χ3n) is 4.89. The lowest BCUT2D eigenvalue weighted by molar-refractivity contribution is -0.132. The van der Waals surface area contributed by atoms with E-state index >= 15 is 0 Å². The van der Waals surface area contributed by atoms with Gasteiger partial charge in [-0.05, 0) is 30.8 Å². The van der Waals surface area contributed by atoms with E-state index in [0.29, 0.717) is 13.1 Å². The Morgan fingerprint density at radius 1 is 1.11 bits per heavy atom. The van der Waals surface area contributed by atoms with Crippen LogP contribution in [-0.2, 0) is 11.3 Å². The Balaban J connectivity index is 1.44. The summed E-state index contributed by atoms with van der Waals surface area (Å²) in [5, 5.41) is 2.03. The van der Waals surface area contributed by atoms with Gasteiger partial charge in [0.2, 0.25) is 11.9 Å². The average molecular weight is 412 g/mol. The number of hydrogen-bond acceptors (Lipinski definition) is 6. The molecule has 0 N–H and O–H groups in total. The number of thiazole rings is 1. The van der Waals surface area contributed by atoms with Crippen molar-refractivity contribution < 1.29 is 4.79 Å². The first-order chi connectivity index (χ1) is 13.6. The molecule has 0 radical (unpaired) electrons. The van der Waals surface area contributed by atoms with Gasteiger partial charge in [-0.2, -0.15) is 0 Å². The first kappa shape index (κ1) is 18.8. The highest BCUT2D eigenvalue weighted by atomic mass is 32.1. The maximum atomic E-state index is 12.9. The van der Waals surface area contributed by atoms with Gasteiger partial charge in [0.1, 0.15) is 6.54 Å². The normalized spacial score (nSPS) is 14.3. The van der Waals surface area contributed by atoms with Gasteiger partial charge >= 0.3 is 0 Å². The molecule has 0 saturated carbocycles. The number of anilines is 1. The molecule has 8 heteroatoms. The van der Waals surface area contributed by atoms with Crippen molar-refractivity contribution in [2.24, 2.45) is 0 Å². The number of amides is 1. The van der Waals surface area contributed by atoms with Gasteiger partial charge in [-0.1, -0.05) is 29.8 Å². The van der Waals surface area contributed by atoms with E-state index in [1.54, 1.807) is 18.5 Å². The maximum Gasteiger partial charge on any atom is 0.242 e. The summed E-state index contributed by atoms with van der Waals surface area (Å²) >= 11 is 6.99. The number of carbonyl (C=O) groups excluding carboxylic acids is 1. The van der Waals surface area contributed by atoms with Crippen LogP contribution in [0.4, 0.5) is 5.95 Å². The van der Waals surface area contributed by atoms with Crippen LogP contribution in [0.25, 0.3) is 11.3 Å². The van der Waals surface area contributed by atoms with E-state index in [1.165, 1.54) is 16.9 Å². The molecule has 1 fully saturated rings. The van der Waals surface area contributed by atoms with Crippen LogP contribution in [0.15, 0.2) is 48.1 Å². The predicted octanol–water partition coefficient (Wildman–Crippen LogP) is 3.39. The Hall–Kier alpha value is -2.58. The summed E-state index contributed by atoms with van der Waals surface area (Å²) in [5.74, 6) is 0.813. The Morgan fingerprint density at radius 3 is 2.46 bits per heavy atom. The van der Waals surface area contributed by atoms with Crippen molar-refractivity contribution >= 4 is 35.4 Å². The zero-order valence-electron chi connectivity index (χ0n) is 15.6. The van der Waals surface area contributed by atoms with E-state index in [2.05, 4.69) is 46.1 Å². The third-order valence-corrected chi connectivity index (χ3v) is 6.16. The van der Waals surface area contributed by atoms with Gasteiger partial charge in [-0.3, -0.25) is 4.79 Å². The molecule has 3 aromatic rings. The minimum atomic E-state index is 0.0940. The standard InChI is InChI=1S/C20H21N5OS2/c1-15-3-5-16(6-4-15)17-14-28-20(27)25(17)13-18(26)23-9-11-24(12-10-23)19-21-7-2-8-22-19/h2-8,14H,9-13H2,1H3. The van der Waals surface area contributed by atoms with Gasteiger partial charge in [0.15, 0.2) is 3.95 Å². The highest BCUT2D eigenvalue weighted by Gasteiger charge is 2.23. The molecule has 1 aromatic carbocycles. The Bertz CT molecular complexity index is 1010. The van der Waals surface area contributed by atoms with Crippen LogP contribution in [0.5, 0.6) is 0 Å². The molecule has 3 heterocycles. The first-order valence-electron chi connectivity index (χ1n) is 9.17. The van der Waals surface area contributed by atoms with Crippen molar-refractivity contribution in [3.63, 3.8) is 0 Å². The first-order valence-corrected chi connectivity index (χ1v) is 10.5. The zero-order valence-corrected chi connectivity index (χ0v) is 17.2. The summed E-state index contributed by atoms with van der Waals surface area (Å²) in [7, 11) is 0. The van der Waals surface area contributed by atoms with Crippen molar-refractivity contribution in [2.45, 2.75) is 13.5 Å². The van der Waals surface area contributed by atoms with E-state index in [-0.39, 0.29) is 12.5 Å². The smallest absolute Gasteiger partial charge is 0.242 e. The second-order valence-electron chi connectivity index (χ2n) is 6.76. The Kier molecular flexibility index (Phi) is 5.50. The predicted molar refractivity (Wildman–Crippen MR) is 114 cm³/mol. The fourth-order valence-electron chi connectivity index (χ4n) is 3.28. The molecule has 1 amide bonds. The molecule has 0 unspecified atom stereocenters. The van der Waals surface area contributed by atoms with Crippen LogP contribution < -0.4 is 4.90 Å². The van der Waals surface area contributed by atoms with Crippen molar-refractivity contribution in [1.29, 1.82) is 0 Å². The van der Waals surface area contributed by atoms with Crippen LogP contribution in [0.1, 0.15) is 5.56 Å². The number of aryl methyl sites for hydroxylation is 1. The topological polar surface area (TPSA) is 54.3 Å². The van der Waals surface area contributed by atoms with E-state index in [9.17, 15) is 4.79 Å². The van der Waals surface area contributed by atoms with Gasteiger partial charge in [0, 0.05) is 44.0 Å². The summed E-state index contributed by atoms with van der Waals surface area (Å²) < 4.78 is 2.67. The molecule has 0 atom stereocenters. The lowest BCUT2D eigenvalue weighted by Crippen LogP contribution is -2.50. The lowest BCUT2D eigenvalue weighted by Gasteiger charge is -2.34. The number of aromatic nitrogens is 3. The van der Waals surface area contributed by atoms with E-state index < -0.39 is 0 Å². The van der Waals surface area contributed by atoms with Crippen LogP contribution >= 0.6 is 23.6 Å². The van der Waals surface area contributed by atoms with Gasteiger partial charge < -0.3 is 14.4 Å². The lowest BCUT2D eigenvalue weighted by atomic mass is 10.1. The Labute approximate surface area is 173 Å². The van der Waals surface area contributed by atoms with Crippen LogP contribution in [-0.4, -0.2) is 51.5 Å². The number of benzene rings is 1. The zero-order chi connectivity index (χ0) is 19.5. The van der Waals surface area contributed by atoms with Crippen molar-refractivity contribution in [3.8, 4) is 11.3 Å². The fourth-order valence-corrected chi connectivity index (χ4v) is 4.35. The number of hydrogen-bond donors (Lipinski definition) is 0. The summed E-state index contributed by atoms with van der Waals surface area (Å²) in [6, 6.07) is 10.1. The fraction of sp³-hybridized carbons (Fsp3) is 0.300. The van der Waals surface area contributed by atoms with Gasteiger partial charge in [-0.15, -0.1) is 11.3 Å². The molecular formula is C20H21N5OS2. The Morgan fingerprint density at radius 2 is 1.79 bits per heavy atom. The molecule has 6 nitrogen and oxygen atoms in total. The van der Waals surface area contributed by atoms with Gasteiger partial charge in [0.05, 0.1) is 5.69 Å². The molecule has 1 saturated heterocycles. The number of carbonyl (C=O) groups is 1.